The van der Waals surface area contributed by atoms with E-state index in [1.165, 1.54) is 0 Å². The second kappa shape index (κ2) is 7.85. The Bertz CT molecular complexity index is 933. The molecule has 4 heterocycles. The molecular formula is C20H21N5OS. The van der Waals surface area contributed by atoms with Crippen molar-refractivity contribution in [3.8, 4) is 11.1 Å². The lowest BCUT2D eigenvalue weighted by Gasteiger charge is -2.21. The van der Waals surface area contributed by atoms with Gasteiger partial charge >= 0.3 is 0 Å². The number of carbonyl (C=O) groups is 1. The number of thiophene rings is 1. The molecule has 3 aromatic heterocycles. The predicted octanol–water partition coefficient (Wildman–Crippen LogP) is 2.82. The van der Waals surface area contributed by atoms with Crippen molar-refractivity contribution in [3.05, 3.63) is 58.5 Å². The highest BCUT2D eigenvalue weighted by atomic mass is 32.1. The predicted molar refractivity (Wildman–Crippen MR) is 109 cm³/mol. The normalized spacial score (nSPS) is 14.7. The van der Waals surface area contributed by atoms with E-state index in [1.807, 2.05) is 29.0 Å². The van der Waals surface area contributed by atoms with Crippen LogP contribution in [0, 0.1) is 0 Å². The molecule has 4 rings (SSSR count). The number of nitrogen functional groups attached to an aromatic ring is 1. The fourth-order valence-corrected chi connectivity index (χ4v) is 3.85. The first-order valence-electron chi connectivity index (χ1n) is 8.98. The average molecular weight is 379 g/mol. The lowest BCUT2D eigenvalue weighted by atomic mass is 10.0. The summed E-state index contributed by atoms with van der Waals surface area (Å²) in [4.78, 5) is 24.1. The summed E-state index contributed by atoms with van der Waals surface area (Å²) in [6.45, 7) is 3.73. The summed E-state index contributed by atoms with van der Waals surface area (Å²) in [5, 5.41) is 7.39. The van der Waals surface area contributed by atoms with Gasteiger partial charge in [0.15, 0.2) is 0 Å². The van der Waals surface area contributed by atoms with E-state index in [9.17, 15) is 4.79 Å². The molecule has 0 unspecified atom stereocenters. The van der Waals surface area contributed by atoms with Gasteiger partial charge in [0.2, 0.25) is 5.78 Å². The van der Waals surface area contributed by atoms with Gasteiger partial charge in [-0.1, -0.05) is 6.07 Å². The lowest BCUT2D eigenvalue weighted by molar-refractivity contribution is 0.103. The van der Waals surface area contributed by atoms with E-state index < -0.39 is 0 Å². The zero-order valence-electron chi connectivity index (χ0n) is 14.9. The van der Waals surface area contributed by atoms with Crippen LogP contribution in [0.4, 0.5) is 11.6 Å². The zero-order valence-corrected chi connectivity index (χ0v) is 15.7. The second-order valence-corrected chi connectivity index (χ2v) is 7.25. The van der Waals surface area contributed by atoms with Gasteiger partial charge in [-0.05, 0) is 53.6 Å². The number of nitrogens with one attached hydrogen (secondary N) is 1. The largest absolute Gasteiger partial charge is 0.383 e. The van der Waals surface area contributed by atoms with E-state index >= 15 is 0 Å². The van der Waals surface area contributed by atoms with Crippen LogP contribution in [0.3, 0.4) is 0 Å². The highest BCUT2D eigenvalue weighted by Gasteiger charge is 2.18. The number of hydrogen-bond donors (Lipinski definition) is 2. The Balaban J connectivity index is 1.65. The van der Waals surface area contributed by atoms with Crippen LogP contribution in [-0.4, -0.2) is 41.9 Å². The molecule has 0 amide bonds. The van der Waals surface area contributed by atoms with Gasteiger partial charge in [-0.25, -0.2) is 9.97 Å². The molecular weight excluding hydrogens is 358 g/mol. The number of anilines is 2. The van der Waals surface area contributed by atoms with Crippen LogP contribution in [-0.2, 0) is 0 Å². The quantitative estimate of drug-likeness (QED) is 0.678. The van der Waals surface area contributed by atoms with Gasteiger partial charge in [-0.15, -0.1) is 0 Å². The van der Waals surface area contributed by atoms with Crippen LogP contribution >= 0.6 is 11.3 Å². The minimum atomic E-state index is -0.202. The number of nitrogens with two attached hydrogens (primary N) is 1. The fourth-order valence-electron chi connectivity index (χ4n) is 3.18. The summed E-state index contributed by atoms with van der Waals surface area (Å²) in [5.41, 5.74) is 8.69. The van der Waals surface area contributed by atoms with E-state index in [2.05, 4.69) is 20.2 Å². The van der Waals surface area contributed by atoms with Gasteiger partial charge in [-0.3, -0.25) is 4.79 Å². The first-order chi connectivity index (χ1) is 13.2. The van der Waals surface area contributed by atoms with E-state index in [0.717, 1.165) is 49.5 Å². The van der Waals surface area contributed by atoms with Gasteiger partial charge in [0.25, 0.3) is 0 Å². The summed E-state index contributed by atoms with van der Waals surface area (Å²) in [7, 11) is 0. The van der Waals surface area contributed by atoms with Crippen LogP contribution in [0.25, 0.3) is 11.1 Å². The van der Waals surface area contributed by atoms with Crippen molar-refractivity contribution in [1.82, 2.24) is 15.3 Å². The Morgan fingerprint density at radius 2 is 2.11 bits per heavy atom. The van der Waals surface area contributed by atoms with E-state index in [0.29, 0.717) is 11.3 Å². The molecule has 0 aliphatic carbocycles. The van der Waals surface area contributed by atoms with Gasteiger partial charge in [0.1, 0.15) is 17.3 Å². The molecule has 6 nitrogen and oxygen atoms in total. The first kappa shape index (κ1) is 17.6. The Labute approximate surface area is 162 Å². The number of hydrogen-bond acceptors (Lipinski definition) is 7. The van der Waals surface area contributed by atoms with Gasteiger partial charge in [0, 0.05) is 31.4 Å². The third-order valence-electron chi connectivity index (χ3n) is 4.65. The monoisotopic (exact) mass is 379 g/mol. The van der Waals surface area contributed by atoms with Gasteiger partial charge < -0.3 is 16.0 Å². The molecule has 0 radical (unpaired) electrons. The van der Waals surface area contributed by atoms with E-state index in [1.54, 1.807) is 29.7 Å². The minimum absolute atomic E-state index is 0.202. The molecule has 0 bridgehead atoms. The van der Waals surface area contributed by atoms with Crippen LogP contribution < -0.4 is 16.0 Å². The topological polar surface area (TPSA) is 84.1 Å². The highest BCUT2D eigenvalue weighted by molar-refractivity contribution is 7.08. The number of aromatic nitrogens is 2. The molecule has 138 valence electrons. The summed E-state index contributed by atoms with van der Waals surface area (Å²) < 4.78 is 0. The molecule has 1 saturated heterocycles. The number of carbonyl (C=O) groups excluding carboxylic acids is 1. The number of pyridine rings is 2. The van der Waals surface area contributed by atoms with Crippen LogP contribution in [0.15, 0.2) is 47.3 Å². The first-order valence-corrected chi connectivity index (χ1v) is 9.92. The molecule has 1 aliphatic rings. The molecule has 1 aliphatic heterocycles. The van der Waals surface area contributed by atoms with Gasteiger partial charge in [0.05, 0.1) is 5.56 Å². The van der Waals surface area contributed by atoms with Crippen molar-refractivity contribution >= 4 is 28.8 Å². The van der Waals surface area contributed by atoms with Gasteiger partial charge in [-0.2, -0.15) is 11.3 Å². The van der Waals surface area contributed by atoms with Crippen LogP contribution in [0.5, 0.6) is 0 Å². The molecule has 0 atom stereocenters. The summed E-state index contributed by atoms with van der Waals surface area (Å²) in [5.74, 6) is 0.849. The molecule has 7 heteroatoms. The molecule has 0 aromatic carbocycles. The third kappa shape index (κ3) is 3.84. The molecule has 3 N–H and O–H groups in total. The highest BCUT2D eigenvalue weighted by Crippen LogP contribution is 2.25. The van der Waals surface area contributed by atoms with Crippen molar-refractivity contribution in [1.29, 1.82) is 0 Å². The molecule has 3 aromatic rings. The van der Waals surface area contributed by atoms with E-state index in [4.69, 9.17) is 5.73 Å². The Kier molecular flexibility index (Phi) is 5.13. The van der Waals surface area contributed by atoms with Crippen molar-refractivity contribution in [2.45, 2.75) is 6.42 Å². The standard InChI is InChI=1S/C20H21N5OS/c21-20-16(11-15(12-23-20)14-5-10-27-13-14)19(26)17-3-1-4-18(24-17)25-8-2-6-22-7-9-25/h1,3-5,10-13,22H,2,6-9H2,(H2,21,23). The Morgan fingerprint density at radius 1 is 1.19 bits per heavy atom. The second-order valence-electron chi connectivity index (χ2n) is 6.47. The maximum atomic E-state index is 13.1. The summed E-state index contributed by atoms with van der Waals surface area (Å²) in [6, 6.07) is 9.36. The Morgan fingerprint density at radius 3 is 2.96 bits per heavy atom. The number of rotatable bonds is 4. The van der Waals surface area contributed by atoms with E-state index in [-0.39, 0.29) is 11.6 Å². The maximum Gasteiger partial charge on any atom is 0.215 e. The van der Waals surface area contributed by atoms with Crippen molar-refractivity contribution in [2.24, 2.45) is 0 Å². The number of nitrogens with zero attached hydrogens (tertiary/aromatic N) is 3. The molecule has 0 spiro atoms. The lowest BCUT2D eigenvalue weighted by Crippen LogP contribution is -2.29. The fraction of sp³-hybridized carbons (Fsp3) is 0.250. The SMILES string of the molecule is Nc1ncc(-c2ccsc2)cc1C(=O)c1cccc(N2CCCNCC2)n1. The zero-order chi connectivity index (χ0) is 18.6. The molecule has 1 fully saturated rings. The summed E-state index contributed by atoms with van der Waals surface area (Å²) in [6.07, 6.45) is 2.75. The summed E-state index contributed by atoms with van der Waals surface area (Å²) >= 11 is 1.60. The smallest absolute Gasteiger partial charge is 0.215 e. The molecule has 0 saturated carbocycles. The van der Waals surface area contributed by atoms with Crippen molar-refractivity contribution in [3.63, 3.8) is 0 Å². The third-order valence-corrected chi connectivity index (χ3v) is 5.33. The minimum Gasteiger partial charge on any atom is -0.383 e. The van der Waals surface area contributed by atoms with Crippen molar-refractivity contribution in [2.75, 3.05) is 36.8 Å². The van der Waals surface area contributed by atoms with Crippen molar-refractivity contribution < 1.29 is 4.79 Å². The maximum absolute atomic E-state index is 13.1. The molecule has 27 heavy (non-hydrogen) atoms. The van der Waals surface area contributed by atoms with Crippen LogP contribution in [0.2, 0.25) is 0 Å². The average Bonchev–Trinajstić information content (AvgIpc) is 3.10. The van der Waals surface area contributed by atoms with Crippen LogP contribution in [0.1, 0.15) is 22.5 Å². The number of ketones is 1. The Hall–Kier alpha value is -2.77.